The summed E-state index contributed by atoms with van der Waals surface area (Å²) in [6, 6.07) is 5.34. The molecule has 5 heteroatoms. The number of halogens is 2. The van der Waals surface area contributed by atoms with Gasteiger partial charge in [-0.15, -0.1) is 0 Å². The van der Waals surface area contributed by atoms with Crippen molar-refractivity contribution >= 4 is 37.8 Å². The van der Waals surface area contributed by atoms with Crippen molar-refractivity contribution in [3.63, 3.8) is 0 Å². The van der Waals surface area contributed by atoms with Crippen molar-refractivity contribution in [2.45, 2.75) is 19.4 Å². The van der Waals surface area contributed by atoms with E-state index in [0.29, 0.717) is 6.61 Å². The number of hydrogen-bond donors (Lipinski definition) is 1. The van der Waals surface area contributed by atoms with Gasteiger partial charge >= 0.3 is 5.97 Å². The van der Waals surface area contributed by atoms with Gasteiger partial charge in [-0.3, -0.25) is 4.79 Å². The monoisotopic (exact) mass is 349 g/mol. The minimum absolute atomic E-state index is 0.183. The fourth-order valence-electron chi connectivity index (χ4n) is 1.31. The van der Waals surface area contributed by atoms with Crippen LogP contribution >= 0.6 is 31.9 Å². The van der Waals surface area contributed by atoms with Crippen molar-refractivity contribution < 1.29 is 9.53 Å². The number of carbonyl (C=O) groups excluding carboxylic acids is 1. The smallest absolute Gasteiger partial charge is 0.307 e. The summed E-state index contributed by atoms with van der Waals surface area (Å²) in [5.41, 5.74) is 6.84. The summed E-state index contributed by atoms with van der Waals surface area (Å²) in [5.74, 6) is -0.276. The van der Waals surface area contributed by atoms with Crippen LogP contribution in [0.2, 0.25) is 0 Å². The number of benzene rings is 1. The minimum Gasteiger partial charge on any atom is -0.466 e. The molecule has 1 atom stereocenters. The summed E-state index contributed by atoms with van der Waals surface area (Å²) in [6.07, 6.45) is 0.183. The minimum atomic E-state index is -0.356. The Bertz CT molecular complexity index is 382. The number of hydrogen-bond acceptors (Lipinski definition) is 3. The molecule has 0 aliphatic heterocycles. The van der Waals surface area contributed by atoms with Crippen molar-refractivity contribution in [2.24, 2.45) is 5.73 Å². The Labute approximate surface area is 112 Å². The third-order valence-electron chi connectivity index (χ3n) is 2.05. The second-order valence-corrected chi connectivity index (χ2v) is 5.05. The molecule has 88 valence electrons. The maximum absolute atomic E-state index is 11.3. The fourth-order valence-corrected chi connectivity index (χ4v) is 2.23. The lowest BCUT2D eigenvalue weighted by atomic mass is 10.1. The first kappa shape index (κ1) is 13.7. The maximum atomic E-state index is 11.3. The van der Waals surface area contributed by atoms with Crippen molar-refractivity contribution in [3.05, 3.63) is 32.7 Å². The molecule has 3 nitrogen and oxygen atoms in total. The predicted molar refractivity (Wildman–Crippen MR) is 70.0 cm³/mol. The first-order valence-electron chi connectivity index (χ1n) is 4.90. The van der Waals surface area contributed by atoms with Gasteiger partial charge in [-0.25, -0.2) is 0 Å². The second kappa shape index (κ2) is 6.37. The summed E-state index contributed by atoms with van der Waals surface area (Å²) in [4.78, 5) is 11.3. The number of rotatable bonds is 4. The third kappa shape index (κ3) is 3.88. The molecule has 0 bridgehead atoms. The Morgan fingerprint density at radius 1 is 1.50 bits per heavy atom. The van der Waals surface area contributed by atoms with E-state index in [1.165, 1.54) is 0 Å². The zero-order valence-corrected chi connectivity index (χ0v) is 12.0. The molecule has 0 aromatic heterocycles. The van der Waals surface area contributed by atoms with Gasteiger partial charge in [-0.2, -0.15) is 0 Å². The molecule has 0 amide bonds. The number of nitrogens with two attached hydrogens (primary N) is 1. The van der Waals surface area contributed by atoms with Crippen molar-refractivity contribution in [2.75, 3.05) is 6.61 Å². The van der Waals surface area contributed by atoms with E-state index in [0.717, 1.165) is 14.5 Å². The maximum Gasteiger partial charge on any atom is 0.307 e. The lowest BCUT2D eigenvalue weighted by Crippen LogP contribution is -2.17. The molecule has 0 saturated carbocycles. The van der Waals surface area contributed by atoms with Crippen molar-refractivity contribution in [1.82, 2.24) is 0 Å². The average molecular weight is 351 g/mol. The fraction of sp³-hybridized carbons (Fsp3) is 0.364. The molecule has 1 aromatic carbocycles. The highest BCUT2D eigenvalue weighted by Gasteiger charge is 2.15. The van der Waals surface area contributed by atoms with Gasteiger partial charge in [0.25, 0.3) is 0 Å². The predicted octanol–water partition coefficient (Wildman–Crippen LogP) is 3.16. The van der Waals surface area contributed by atoms with Gasteiger partial charge in [0.2, 0.25) is 0 Å². The van der Waals surface area contributed by atoms with Crippen LogP contribution in [0.15, 0.2) is 27.1 Å². The van der Waals surface area contributed by atoms with Crippen LogP contribution in [0.5, 0.6) is 0 Å². The molecule has 0 unspecified atom stereocenters. The largest absolute Gasteiger partial charge is 0.466 e. The van der Waals surface area contributed by atoms with Crippen LogP contribution in [0.3, 0.4) is 0 Å². The van der Waals surface area contributed by atoms with Crippen LogP contribution in [-0.2, 0) is 9.53 Å². The lowest BCUT2D eigenvalue weighted by Gasteiger charge is -2.13. The quantitative estimate of drug-likeness (QED) is 0.848. The van der Waals surface area contributed by atoms with E-state index in [2.05, 4.69) is 31.9 Å². The standard InChI is InChI=1S/C11H13Br2NO2/c1-2-16-11(15)6-10(14)8-5-7(12)3-4-9(8)13/h3-5,10H,2,6,14H2,1H3/t10-/m0/s1. The Hall–Kier alpha value is -0.390. The second-order valence-electron chi connectivity index (χ2n) is 3.28. The lowest BCUT2D eigenvalue weighted by molar-refractivity contribution is -0.143. The van der Waals surface area contributed by atoms with E-state index in [1.54, 1.807) is 6.92 Å². The van der Waals surface area contributed by atoms with Gasteiger partial charge in [0.05, 0.1) is 13.0 Å². The SMILES string of the molecule is CCOC(=O)C[C@H](N)c1cc(Br)ccc1Br. The molecule has 1 rings (SSSR count). The van der Waals surface area contributed by atoms with E-state index >= 15 is 0 Å². The molecule has 0 aliphatic carbocycles. The molecule has 2 N–H and O–H groups in total. The summed E-state index contributed by atoms with van der Waals surface area (Å²) in [7, 11) is 0. The first-order valence-corrected chi connectivity index (χ1v) is 6.49. The van der Waals surface area contributed by atoms with Crippen molar-refractivity contribution in [1.29, 1.82) is 0 Å². The molecule has 0 aliphatic rings. The van der Waals surface area contributed by atoms with Gasteiger partial charge in [0, 0.05) is 15.0 Å². The summed E-state index contributed by atoms with van der Waals surface area (Å²) >= 11 is 6.78. The molecule has 0 radical (unpaired) electrons. The van der Waals surface area contributed by atoms with Crippen LogP contribution in [0, 0.1) is 0 Å². The highest BCUT2D eigenvalue weighted by atomic mass is 79.9. The molecule has 16 heavy (non-hydrogen) atoms. The molecule has 0 saturated heterocycles. The Balaban J connectivity index is 2.76. The molecule has 1 aromatic rings. The van der Waals surface area contributed by atoms with E-state index in [-0.39, 0.29) is 18.4 Å². The Morgan fingerprint density at radius 2 is 2.19 bits per heavy atom. The molecule has 0 fully saturated rings. The van der Waals surface area contributed by atoms with Gasteiger partial charge in [0.15, 0.2) is 0 Å². The zero-order chi connectivity index (χ0) is 12.1. The van der Waals surface area contributed by atoms with Crippen LogP contribution in [0.25, 0.3) is 0 Å². The summed E-state index contributed by atoms with van der Waals surface area (Å²) in [6.45, 7) is 2.16. The molecular formula is C11H13Br2NO2. The highest BCUT2D eigenvalue weighted by molar-refractivity contribution is 9.11. The Kier molecular flexibility index (Phi) is 5.44. The van der Waals surface area contributed by atoms with Crippen LogP contribution in [-0.4, -0.2) is 12.6 Å². The average Bonchev–Trinajstić information content (AvgIpc) is 2.21. The van der Waals surface area contributed by atoms with E-state index < -0.39 is 0 Å². The van der Waals surface area contributed by atoms with Gasteiger partial charge in [0.1, 0.15) is 0 Å². The van der Waals surface area contributed by atoms with Gasteiger partial charge < -0.3 is 10.5 Å². The zero-order valence-electron chi connectivity index (χ0n) is 8.87. The summed E-state index contributed by atoms with van der Waals surface area (Å²) in [5, 5.41) is 0. The Morgan fingerprint density at radius 3 is 2.81 bits per heavy atom. The van der Waals surface area contributed by atoms with Gasteiger partial charge in [-0.1, -0.05) is 31.9 Å². The molecule has 0 spiro atoms. The van der Waals surface area contributed by atoms with Crippen LogP contribution in [0.1, 0.15) is 24.9 Å². The number of carbonyl (C=O) groups is 1. The molecular weight excluding hydrogens is 338 g/mol. The van der Waals surface area contributed by atoms with E-state index in [4.69, 9.17) is 10.5 Å². The topological polar surface area (TPSA) is 52.3 Å². The number of esters is 1. The van der Waals surface area contributed by atoms with Gasteiger partial charge in [-0.05, 0) is 30.7 Å². The highest BCUT2D eigenvalue weighted by Crippen LogP contribution is 2.27. The van der Waals surface area contributed by atoms with Crippen molar-refractivity contribution in [3.8, 4) is 0 Å². The summed E-state index contributed by atoms with van der Waals surface area (Å²) < 4.78 is 6.69. The molecule has 0 heterocycles. The normalized spacial score (nSPS) is 12.2. The van der Waals surface area contributed by atoms with E-state index in [1.807, 2.05) is 18.2 Å². The third-order valence-corrected chi connectivity index (χ3v) is 3.26. The first-order chi connectivity index (χ1) is 7.54. The van der Waals surface area contributed by atoms with E-state index in [9.17, 15) is 4.79 Å². The number of ether oxygens (including phenoxy) is 1. The van der Waals surface area contributed by atoms with Crippen LogP contribution in [0.4, 0.5) is 0 Å². The van der Waals surface area contributed by atoms with Crippen LogP contribution < -0.4 is 5.73 Å².